The smallest absolute Gasteiger partial charge is 0.169 e. The number of halogens is 2. The molecule has 3 aromatic rings. The molecule has 0 saturated heterocycles. The summed E-state index contributed by atoms with van der Waals surface area (Å²) in [7, 11) is 0. The zero-order chi connectivity index (χ0) is 15.0. The van der Waals surface area contributed by atoms with Gasteiger partial charge in [0.25, 0.3) is 0 Å². The third-order valence-electron chi connectivity index (χ3n) is 3.48. The second-order valence-corrected chi connectivity index (χ2v) is 5.32. The number of furan rings is 1. The van der Waals surface area contributed by atoms with Crippen molar-refractivity contribution < 1.29 is 8.81 Å². The quantitative estimate of drug-likeness (QED) is 0.566. The number of hydrogen-bond acceptors (Lipinski definition) is 3. The molecule has 1 heterocycles. The van der Waals surface area contributed by atoms with Gasteiger partial charge in [0, 0.05) is 10.4 Å². The van der Waals surface area contributed by atoms with Crippen LogP contribution in [-0.2, 0) is 0 Å². The van der Waals surface area contributed by atoms with Crippen molar-refractivity contribution >= 4 is 22.6 Å². The molecule has 3 rings (SSSR count). The fourth-order valence-corrected chi connectivity index (χ4v) is 2.50. The van der Waals surface area contributed by atoms with E-state index in [4.69, 9.17) is 21.9 Å². The molecule has 0 saturated carbocycles. The third kappa shape index (κ3) is 2.53. The number of aryl methyl sites for hydroxylation is 1. The molecule has 0 radical (unpaired) electrons. The van der Waals surface area contributed by atoms with Crippen molar-refractivity contribution in [2.75, 3.05) is 0 Å². The van der Waals surface area contributed by atoms with Gasteiger partial charge in [-0.3, -0.25) is 5.84 Å². The van der Waals surface area contributed by atoms with Crippen LogP contribution in [0, 0.1) is 12.7 Å². The average molecular weight is 305 g/mol. The van der Waals surface area contributed by atoms with E-state index >= 15 is 0 Å². The first-order chi connectivity index (χ1) is 10.1. The second-order valence-electron chi connectivity index (χ2n) is 4.92. The van der Waals surface area contributed by atoms with Crippen LogP contribution < -0.4 is 11.3 Å². The summed E-state index contributed by atoms with van der Waals surface area (Å²) in [6.45, 7) is 1.91. The van der Waals surface area contributed by atoms with Crippen LogP contribution in [0.5, 0.6) is 0 Å². The summed E-state index contributed by atoms with van der Waals surface area (Å²) < 4.78 is 19.3. The zero-order valence-corrected chi connectivity index (χ0v) is 12.1. The minimum absolute atomic E-state index is 0.235. The number of para-hydroxylation sites is 1. The van der Waals surface area contributed by atoms with E-state index < -0.39 is 0 Å². The lowest BCUT2D eigenvalue weighted by Gasteiger charge is -2.14. The van der Waals surface area contributed by atoms with Crippen molar-refractivity contribution in [1.29, 1.82) is 0 Å². The molecule has 21 heavy (non-hydrogen) atoms. The topological polar surface area (TPSA) is 51.2 Å². The van der Waals surface area contributed by atoms with Crippen molar-refractivity contribution in [2.24, 2.45) is 5.84 Å². The number of hydrogen-bond donors (Lipinski definition) is 2. The Kier molecular flexibility index (Phi) is 3.68. The summed E-state index contributed by atoms with van der Waals surface area (Å²) in [6.07, 6.45) is 0. The summed E-state index contributed by atoms with van der Waals surface area (Å²) in [5.41, 5.74) is 4.78. The summed E-state index contributed by atoms with van der Waals surface area (Å²) in [5.74, 6) is 5.82. The number of nitrogens with one attached hydrogen (secondary N) is 1. The monoisotopic (exact) mass is 304 g/mol. The fraction of sp³-hybridized carbons (Fsp3) is 0.125. The highest BCUT2D eigenvalue weighted by Crippen LogP contribution is 2.30. The van der Waals surface area contributed by atoms with Crippen LogP contribution in [0.15, 0.2) is 46.9 Å². The number of hydrazine groups is 1. The average Bonchev–Trinajstić information content (AvgIpc) is 2.89. The van der Waals surface area contributed by atoms with E-state index in [0.717, 1.165) is 11.1 Å². The maximum absolute atomic E-state index is 13.7. The maximum Gasteiger partial charge on any atom is 0.169 e. The van der Waals surface area contributed by atoms with E-state index in [-0.39, 0.29) is 17.4 Å². The van der Waals surface area contributed by atoms with Crippen LogP contribution in [0.2, 0.25) is 5.02 Å². The van der Waals surface area contributed by atoms with E-state index in [9.17, 15) is 4.39 Å². The Balaban J connectivity index is 2.09. The standard InChI is InChI=1S/C16H14ClFN2O/c1-9-7-10(5-6-12(9)17)15(20-19)14-8-11-3-2-4-13(18)16(11)21-14/h2-8,15,20H,19H2,1H3. The van der Waals surface area contributed by atoms with Crippen LogP contribution in [0.1, 0.15) is 22.9 Å². The Morgan fingerprint density at radius 3 is 2.71 bits per heavy atom. The molecule has 0 bridgehead atoms. The van der Waals surface area contributed by atoms with Crippen molar-refractivity contribution in [2.45, 2.75) is 13.0 Å². The molecule has 1 unspecified atom stereocenters. The first kappa shape index (κ1) is 14.1. The van der Waals surface area contributed by atoms with Crippen molar-refractivity contribution in [3.05, 3.63) is 70.2 Å². The van der Waals surface area contributed by atoms with Gasteiger partial charge in [-0.05, 0) is 36.2 Å². The minimum atomic E-state index is -0.387. The van der Waals surface area contributed by atoms with E-state index in [1.165, 1.54) is 6.07 Å². The molecular formula is C16H14ClFN2O. The molecule has 1 atom stereocenters. The summed E-state index contributed by atoms with van der Waals surface area (Å²) in [6, 6.07) is 11.8. The van der Waals surface area contributed by atoms with Crippen LogP contribution in [0.4, 0.5) is 4.39 Å². The van der Waals surface area contributed by atoms with Crippen LogP contribution in [0.3, 0.4) is 0 Å². The van der Waals surface area contributed by atoms with Gasteiger partial charge in [-0.25, -0.2) is 9.82 Å². The van der Waals surface area contributed by atoms with Gasteiger partial charge in [0.05, 0.1) is 0 Å². The molecule has 1 aromatic heterocycles. The molecule has 3 N–H and O–H groups in total. The fourth-order valence-electron chi connectivity index (χ4n) is 2.38. The molecular weight excluding hydrogens is 291 g/mol. The van der Waals surface area contributed by atoms with Crippen LogP contribution >= 0.6 is 11.6 Å². The summed E-state index contributed by atoms with van der Waals surface area (Å²) >= 11 is 6.03. The molecule has 0 amide bonds. The first-order valence-corrected chi connectivity index (χ1v) is 6.88. The number of fused-ring (bicyclic) bond motifs is 1. The third-order valence-corrected chi connectivity index (χ3v) is 3.91. The van der Waals surface area contributed by atoms with Crippen molar-refractivity contribution in [3.8, 4) is 0 Å². The molecule has 0 aliphatic rings. The summed E-state index contributed by atoms with van der Waals surface area (Å²) in [5, 5.41) is 1.39. The normalized spacial score (nSPS) is 12.8. The molecule has 3 nitrogen and oxygen atoms in total. The number of nitrogens with two attached hydrogens (primary N) is 1. The Labute approximate surface area is 126 Å². The minimum Gasteiger partial charge on any atom is -0.456 e. The van der Waals surface area contributed by atoms with Crippen molar-refractivity contribution in [1.82, 2.24) is 5.43 Å². The van der Waals surface area contributed by atoms with Crippen LogP contribution in [-0.4, -0.2) is 0 Å². The Hall–Kier alpha value is -1.88. The highest BCUT2D eigenvalue weighted by atomic mass is 35.5. The first-order valence-electron chi connectivity index (χ1n) is 6.50. The Morgan fingerprint density at radius 1 is 1.24 bits per heavy atom. The molecule has 2 aromatic carbocycles. The second kappa shape index (κ2) is 5.48. The summed E-state index contributed by atoms with van der Waals surface area (Å²) in [4.78, 5) is 0. The molecule has 0 spiro atoms. The van der Waals surface area contributed by atoms with Gasteiger partial charge in [0.15, 0.2) is 11.4 Å². The molecule has 0 fully saturated rings. The number of benzene rings is 2. The predicted octanol–water partition coefficient (Wildman–Crippen LogP) is 4.09. The SMILES string of the molecule is Cc1cc(C(NN)c2cc3cccc(F)c3o2)ccc1Cl. The van der Waals surface area contributed by atoms with E-state index in [2.05, 4.69) is 5.43 Å². The van der Waals surface area contributed by atoms with Gasteiger partial charge in [-0.15, -0.1) is 0 Å². The van der Waals surface area contributed by atoms with Crippen molar-refractivity contribution in [3.63, 3.8) is 0 Å². The zero-order valence-electron chi connectivity index (χ0n) is 11.4. The highest BCUT2D eigenvalue weighted by molar-refractivity contribution is 6.31. The maximum atomic E-state index is 13.7. The van der Waals surface area contributed by atoms with Gasteiger partial charge < -0.3 is 4.42 Å². The molecule has 108 valence electrons. The van der Waals surface area contributed by atoms with Gasteiger partial charge in [-0.2, -0.15) is 0 Å². The Bertz CT molecular complexity index is 800. The van der Waals surface area contributed by atoms with Gasteiger partial charge in [0.1, 0.15) is 11.8 Å². The van der Waals surface area contributed by atoms with E-state index in [1.54, 1.807) is 24.3 Å². The lowest BCUT2D eigenvalue weighted by molar-refractivity contribution is 0.465. The van der Waals surface area contributed by atoms with Gasteiger partial charge in [-0.1, -0.05) is 35.9 Å². The van der Waals surface area contributed by atoms with Gasteiger partial charge in [0.2, 0.25) is 0 Å². The largest absolute Gasteiger partial charge is 0.456 e. The Morgan fingerprint density at radius 2 is 2.05 bits per heavy atom. The molecule has 5 heteroatoms. The lowest BCUT2D eigenvalue weighted by Crippen LogP contribution is -2.28. The molecule has 0 aliphatic carbocycles. The van der Waals surface area contributed by atoms with E-state index in [0.29, 0.717) is 16.2 Å². The van der Waals surface area contributed by atoms with Crippen LogP contribution in [0.25, 0.3) is 11.0 Å². The van der Waals surface area contributed by atoms with E-state index in [1.807, 2.05) is 19.1 Å². The van der Waals surface area contributed by atoms with Gasteiger partial charge >= 0.3 is 0 Å². The highest BCUT2D eigenvalue weighted by Gasteiger charge is 2.19. The number of rotatable bonds is 3. The predicted molar refractivity (Wildman–Crippen MR) is 81.5 cm³/mol. The molecule has 0 aliphatic heterocycles. The lowest BCUT2D eigenvalue weighted by atomic mass is 10.0.